The van der Waals surface area contributed by atoms with E-state index in [0.717, 1.165) is 22.6 Å². The molecule has 0 saturated heterocycles. The Kier molecular flexibility index (Phi) is 6.96. The number of benzene rings is 2. The van der Waals surface area contributed by atoms with Crippen molar-refractivity contribution in [3.8, 4) is 23.0 Å². The first-order valence-electron chi connectivity index (χ1n) is 12.1. The van der Waals surface area contributed by atoms with Crippen molar-refractivity contribution >= 4 is 0 Å². The van der Waals surface area contributed by atoms with Gasteiger partial charge in [-0.1, -0.05) is 24.3 Å². The van der Waals surface area contributed by atoms with Crippen LogP contribution in [0.1, 0.15) is 46.3 Å². The van der Waals surface area contributed by atoms with E-state index in [1.165, 1.54) is 38.9 Å². The van der Waals surface area contributed by atoms with Crippen LogP contribution >= 0.6 is 0 Å². The van der Waals surface area contributed by atoms with Gasteiger partial charge < -0.3 is 27.8 Å². The van der Waals surface area contributed by atoms with Gasteiger partial charge >= 0.3 is 0 Å². The quantitative estimate of drug-likeness (QED) is 0.320. The highest BCUT2D eigenvalue weighted by molar-refractivity contribution is 5.46. The highest BCUT2D eigenvalue weighted by atomic mass is 16.5. The molecule has 0 unspecified atom stereocenters. The number of ether oxygens (including phenoxy) is 4. The number of hydrogen-bond donors (Lipinski definition) is 0. The van der Waals surface area contributed by atoms with Crippen LogP contribution in [0.2, 0.25) is 0 Å². The first-order valence-corrected chi connectivity index (χ1v) is 12.1. The van der Waals surface area contributed by atoms with Crippen LogP contribution in [0.4, 0.5) is 0 Å². The maximum Gasteiger partial charge on any atom is 0.226 e. The van der Waals surface area contributed by atoms with Crippen molar-refractivity contribution in [3.63, 3.8) is 0 Å². The predicted molar refractivity (Wildman–Crippen MR) is 140 cm³/mol. The second-order valence-corrected chi connectivity index (χ2v) is 9.08. The maximum atomic E-state index is 12.7. The van der Waals surface area contributed by atoms with Crippen molar-refractivity contribution in [1.29, 1.82) is 0 Å². The molecule has 1 fully saturated rings. The minimum absolute atomic E-state index is 0.132. The van der Waals surface area contributed by atoms with E-state index in [-0.39, 0.29) is 46.0 Å². The van der Waals surface area contributed by atoms with Gasteiger partial charge in [0.25, 0.3) is 0 Å². The average Bonchev–Trinajstić information content (AvgIpc) is 2.93. The summed E-state index contributed by atoms with van der Waals surface area (Å²) in [7, 11) is 6.08. The van der Waals surface area contributed by atoms with Gasteiger partial charge in [0.2, 0.25) is 22.4 Å². The smallest absolute Gasteiger partial charge is 0.226 e. The number of rotatable bonds is 8. The topological polar surface area (TPSA) is 97.3 Å². The molecule has 1 aliphatic rings. The molecule has 0 N–H and O–H groups in total. The van der Waals surface area contributed by atoms with E-state index in [1.807, 2.05) is 48.5 Å². The summed E-state index contributed by atoms with van der Waals surface area (Å²) >= 11 is 0. The Morgan fingerprint density at radius 2 is 0.895 bits per heavy atom. The normalized spacial score (nSPS) is 20.3. The van der Waals surface area contributed by atoms with Crippen LogP contribution in [0.5, 0.6) is 23.0 Å². The molecule has 0 atom stereocenters. The van der Waals surface area contributed by atoms with Crippen molar-refractivity contribution < 1.29 is 27.8 Å². The lowest BCUT2D eigenvalue weighted by atomic mass is 9.51. The van der Waals surface area contributed by atoms with E-state index in [0.29, 0.717) is 11.5 Å². The molecule has 1 saturated carbocycles. The van der Waals surface area contributed by atoms with Crippen molar-refractivity contribution in [2.75, 3.05) is 28.4 Å². The van der Waals surface area contributed by atoms with Crippen molar-refractivity contribution in [3.05, 3.63) is 116 Å². The summed E-state index contributed by atoms with van der Waals surface area (Å²) in [6, 6.07) is 18.4. The van der Waals surface area contributed by atoms with E-state index in [1.54, 1.807) is 14.2 Å². The third-order valence-corrected chi connectivity index (χ3v) is 7.28. The Morgan fingerprint density at radius 1 is 0.526 bits per heavy atom. The second-order valence-electron chi connectivity index (χ2n) is 9.08. The zero-order valence-corrected chi connectivity index (χ0v) is 21.5. The summed E-state index contributed by atoms with van der Waals surface area (Å²) in [4.78, 5) is 25.5. The van der Waals surface area contributed by atoms with Gasteiger partial charge in [-0.05, 0) is 35.4 Å². The molecule has 196 valence electrons. The molecular weight excluding hydrogens is 488 g/mol. The summed E-state index contributed by atoms with van der Waals surface area (Å²) in [5, 5.41) is 0. The fourth-order valence-electron chi connectivity index (χ4n) is 5.41. The van der Waals surface area contributed by atoms with Gasteiger partial charge in [-0.2, -0.15) is 0 Å². The zero-order valence-electron chi connectivity index (χ0n) is 21.5. The molecule has 0 bridgehead atoms. The van der Waals surface area contributed by atoms with Gasteiger partial charge in [0, 0.05) is 35.8 Å². The Bertz CT molecular complexity index is 1390. The molecule has 0 amide bonds. The standard InChI is InChI=1S/C30H28O8/c1-33-19-9-5-17(6-10-19)27-29(23-13-21(31)25(35-3)15-37-23)28(18-7-11-20(34-2)12-8-18)30(27)24-14-22(32)26(36-4)16-38-24/h5-16,27-30H,1-4H3. The molecule has 8 nitrogen and oxygen atoms in total. The minimum Gasteiger partial charge on any atom is -0.497 e. The van der Waals surface area contributed by atoms with Crippen LogP contribution in [-0.4, -0.2) is 28.4 Å². The lowest BCUT2D eigenvalue weighted by Crippen LogP contribution is -2.40. The van der Waals surface area contributed by atoms with Crippen molar-refractivity contribution in [2.24, 2.45) is 0 Å². The monoisotopic (exact) mass is 516 g/mol. The van der Waals surface area contributed by atoms with Crippen LogP contribution < -0.4 is 29.8 Å². The van der Waals surface area contributed by atoms with Gasteiger partial charge in [0.15, 0.2) is 0 Å². The Labute approximate surface area is 219 Å². The van der Waals surface area contributed by atoms with E-state index in [9.17, 15) is 9.59 Å². The third-order valence-electron chi connectivity index (χ3n) is 7.28. The van der Waals surface area contributed by atoms with Crippen LogP contribution in [0.25, 0.3) is 0 Å². The highest BCUT2D eigenvalue weighted by Crippen LogP contribution is 2.66. The number of hydrogen-bond acceptors (Lipinski definition) is 8. The van der Waals surface area contributed by atoms with E-state index < -0.39 is 0 Å². The first-order chi connectivity index (χ1) is 18.5. The summed E-state index contributed by atoms with van der Waals surface area (Å²) in [5.74, 6) is 1.90. The van der Waals surface area contributed by atoms with Gasteiger partial charge in [-0.15, -0.1) is 0 Å². The SMILES string of the molecule is COc1ccc(C2C(c3cc(=O)c(OC)co3)C(c3ccc(OC)cc3)C2c2cc(=O)c(OC)co2)cc1. The number of methoxy groups -OCH3 is 4. The predicted octanol–water partition coefficient (Wildman–Crippen LogP) is 5.08. The molecule has 0 spiro atoms. The molecule has 5 rings (SSSR count). The fraction of sp³-hybridized carbons (Fsp3) is 0.267. The highest BCUT2D eigenvalue weighted by Gasteiger charge is 2.55. The van der Waals surface area contributed by atoms with E-state index in [2.05, 4.69) is 0 Å². The molecule has 2 aromatic heterocycles. The fourth-order valence-corrected chi connectivity index (χ4v) is 5.41. The molecule has 2 aromatic carbocycles. The van der Waals surface area contributed by atoms with Crippen LogP contribution in [-0.2, 0) is 0 Å². The molecule has 0 aliphatic heterocycles. The zero-order chi connectivity index (χ0) is 26.8. The van der Waals surface area contributed by atoms with E-state index in [4.69, 9.17) is 27.8 Å². The first kappa shape index (κ1) is 25.2. The largest absolute Gasteiger partial charge is 0.497 e. The maximum absolute atomic E-state index is 12.7. The molecule has 2 heterocycles. The lowest BCUT2D eigenvalue weighted by molar-refractivity contribution is 0.171. The van der Waals surface area contributed by atoms with E-state index >= 15 is 0 Å². The van der Waals surface area contributed by atoms with Crippen LogP contribution in [0.15, 0.2) is 91.6 Å². The second kappa shape index (κ2) is 10.5. The van der Waals surface area contributed by atoms with Crippen LogP contribution in [0.3, 0.4) is 0 Å². The summed E-state index contributed by atoms with van der Waals surface area (Å²) in [6.45, 7) is 0. The molecule has 1 aliphatic carbocycles. The van der Waals surface area contributed by atoms with Gasteiger partial charge in [0.05, 0.1) is 28.4 Å². The Balaban J connectivity index is 1.70. The summed E-state index contributed by atoms with van der Waals surface area (Å²) < 4.78 is 33.0. The Morgan fingerprint density at radius 3 is 1.18 bits per heavy atom. The summed E-state index contributed by atoms with van der Waals surface area (Å²) in [6.07, 6.45) is 2.68. The molecule has 0 radical (unpaired) electrons. The average molecular weight is 517 g/mol. The molecule has 4 aromatic rings. The minimum atomic E-state index is -0.268. The van der Waals surface area contributed by atoms with Gasteiger partial charge in [-0.3, -0.25) is 9.59 Å². The lowest BCUT2D eigenvalue weighted by Gasteiger charge is -2.51. The van der Waals surface area contributed by atoms with Gasteiger partial charge in [0.1, 0.15) is 35.5 Å². The van der Waals surface area contributed by atoms with Crippen LogP contribution in [0, 0.1) is 0 Å². The van der Waals surface area contributed by atoms with Gasteiger partial charge in [-0.25, -0.2) is 0 Å². The molecule has 8 heteroatoms. The molecular formula is C30H28O8. The third kappa shape index (κ3) is 4.42. The Hall–Kier alpha value is -4.46. The van der Waals surface area contributed by atoms with Crippen molar-refractivity contribution in [1.82, 2.24) is 0 Å². The van der Waals surface area contributed by atoms with Crippen molar-refractivity contribution in [2.45, 2.75) is 23.7 Å². The molecule has 38 heavy (non-hydrogen) atoms. The summed E-state index contributed by atoms with van der Waals surface area (Å²) in [5.41, 5.74) is 1.44.